The van der Waals surface area contributed by atoms with Crippen LogP contribution in [0.2, 0.25) is 0 Å². The predicted molar refractivity (Wildman–Crippen MR) is 70.6 cm³/mol. The van der Waals surface area contributed by atoms with E-state index in [1.165, 1.54) is 5.69 Å². The van der Waals surface area contributed by atoms with Crippen molar-refractivity contribution in [3.05, 3.63) is 36.3 Å². The van der Waals surface area contributed by atoms with Gasteiger partial charge in [0, 0.05) is 18.8 Å². The molecule has 0 aromatic carbocycles. The van der Waals surface area contributed by atoms with Crippen molar-refractivity contribution in [2.24, 2.45) is 0 Å². The highest BCUT2D eigenvalue weighted by Gasteiger charge is 2.01. The van der Waals surface area contributed by atoms with Crippen LogP contribution in [0, 0.1) is 0 Å². The van der Waals surface area contributed by atoms with E-state index < -0.39 is 0 Å². The van der Waals surface area contributed by atoms with Gasteiger partial charge in [0.2, 0.25) is 5.88 Å². The number of pyridine rings is 1. The summed E-state index contributed by atoms with van der Waals surface area (Å²) in [5.41, 5.74) is 2.15. The van der Waals surface area contributed by atoms with Gasteiger partial charge < -0.3 is 10.1 Å². The first-order chi connectivity index (χ1) is 8.83. The van der Waals surface area contributed by atoms with Crippen LogP contribution in [0.15, 0.2) is 30.6 Å². The van der Waals surface area contributed by atoms with Crippen molar-refractivity contribution in [2.45, 2.75) is 26.4 Å². The molecule has 2 aromatic rings. The Morgan fingerprint density at radius 2 is 2.22 bits per heavy atom. The second-order valence-corrected chi connectivity index (χ2v) is 3.99. The van der Waals surface area contributed by atoms with Crippen LogP contribution in [0.5, 0.6) is 5.88 Å². The summed E-state index contributed by atoms with van der Waals surface area (Å²) in [6.07, 6.45) is 4.68. The van der Waals surface area contributed by atoms with Crippen molar-refractivity contribution in [1.82, 2.24) is 14.8 Å². The maximum absolute atomic E-state index is 5.02. The Morgan fingerprint density at radius 1 is 1.33 bits per heavy atom. The van der Waals surface area contributed by atoms with Gasteiger partial charge in [-0.25, -0.2) is 4.98 Å². The first-order valence-electron chi connectivity index (χ1n) is 6.08. The molecule has 0 spiro atoms. The molecule has 0 unspecified atom stereocenters. The first-order valence-corrected chi connectivity index (χ1v) is 6.08. The minimum absolute atomic E-state index is 0.622. The van der Waals surface area contributed by atoms with Crippen molar-refractivity contribution in [3.8, 4) is 5.88 Å². The second kappa shape index (κ2) is 6.05. The first kappa shape index (κ1) is 12.4. The molecule has 18 heavy (non-hydrogen) atoms. The van der Waals surface area contributed by atoms with Gasteiger partial charge in [-0.1, -0.05) is 6.92 Å². The van der Waals surface area contributed by atoms with E-state index in [9.17, 15) is 0 Å². The van der Waals surface area contributed by atoms with E-state index in [1.54, 1.807) is 13.3 Å². The summed E-state index contributed by atoms with van der Waals surface area (Å²) in [6, 6.07) is 5.82. The maximum atomic E-state index is 5.02. The third-order valence-electron chi connectivity index (χ3n) is 2.66. The van der Waals surface area contributed by atoms with Gasteiger partial charge in [-0.05, 0) is 18.6 Å². The highest BCUT2D eigenvalue weighted by molar-refractivity contribution is 5.42. The fourth-order valence-electron chi connectivity index (χ4n) is 1.72. The third kappa shape index (κ3) is 3.00. The Labute approximate surface area is 107 Å². The van der Waals surface area contributed by atoms with Gasteiger partial charge in [0.15, 0.2) is 0 Å². The van der Waals surface area contributed by atoms with Crippen LogP contribution >= 0.6 is 0 Å². The molecule has 0 fully saturated rings. The minimum atomic E-state index is 0.622. The van der Waals surface area contributed by atoms with Crippen LogP contribution in [0.25, 0.3) is 0 Å². The summed E-state index contributed by atoms with van der Waals surface area (Å²) in [5.74, 6) is 0.622. The lowest BCUT2D eigenvalue weighted by Crippen LogP contribution is -2.09. The number of methoxy groups -OCH3 is 1. The molecule has 0 amide bonds. The number of aromatic nitrogens is 3. The summed E-state index contributed by atoms with van der Waals surface area (Å²) in [6.45, 7) is 3.84. The third-order valence-corrected chi connectivity index (χ3v) is 2.66. The minimum Gasteiger partial charge on any atom is -0.481 e. The van der Waals surface area contributed by atoms with Gasteiger partial charge in [-0.2, -0.15) is 5.10 Å². The number of anilines is 1. The molecule has 0 aliphatic heterocycles. The van der Waals surface area contributed by atoms with E-state index in [1.807, 2.05) is 29.1 Å². The average Bonchev–Trinajstić information content (AvgIpc) is 2.85. The van der Waals surface area contributed by atoms with E-state index >= 15 is 0 Å². The SMILES string of the molecule is CCCn1nccc1CNc1ccc(OC)nc1. The average molecular weight is 246 g/mol. The molecule has 0 saturated heterocycles. The lowest BCUT2D eigenvalue weighted by atomic mass is 10.3. The Kier molecular flexibility index (Phi) is 4.17. The Bertz CT molecular complexity index is 478. The number of nitrogens with one attached hydrogen (secondary N) is 1. The highest BCUT2D eigenvalue weighted by Crippen LogP contribution is 2.12. The zero-order valence-electron chi connectivity index (χ0n) is 10.8. The molecule has 0 radical (unpaired) electrons. The fraction of sp³-hybridized carbons (Fsp3) is 0.385. The Morgan fingerprint density at radius 3 is 2.89 bits per heavy atom. The molecule has 2 rings (SSSR count). The second-order valence-electron chi connectivity index (χ2n) is 3.99. The molecular formula is C13H18N4O. The number of nitrogens with zero attached hydrogens (tertiary/aromatic N) is 3. The van der Waals surface area contributed by atoms with Crippen LogP contribution in [0.1, 0.15) is 19.0 Å². The largest absolute Gasteiger partial charge is 0.481 e. The molecule has 96 valence electrons. The molecule has 0 saturated carbocycles. The van der Waals surface area contributed by atoms with Crippen LogP contribution in [-0.4, -0.2) is 21.9 Å². The Hall–Kier alpha value is -2.04. The van der Waals surface area contributed by atoms with Gasteiger partial charge in [-0.3, -0.25) is 4.68 Å². The summed E-state index contributed by atoms with van der Waals surface area (Å²) in [5, 5.41) is 7.60. The quantitative estimate of drug-likeness (QED) is 0.849. The number of hydrogen-bond donors (Lipinski definition) is 1. The standard InChI is InChI=1S/C13H18N4O/c1-3-8-17-12(6-7-16-17)10-14-11-4-5-13(18-2)15-9-11/h4-7,9,14H,3,8,10H2,1-2H3. The van der Waals surface area contributed by atoms with Crippen molar-refractivity contribution in [2.75, 3.05) is 12.4 Å². The fourth-order valence-corrected chi connectivity index (χ4v) is 1.72. The van der Waals surface area contributed by atoms with Gasteiger partial charge in [-0.15, -0.1) is 0 Å². The van der Waals surface area contributed by atoms with Crippen LogP contribution in [0.4, 0.5) is 5.69 Å². The van der Waals surface area contributed by atoms with Gasteiger partial charge in [0.25, 0.3) is 0 Å². The molecule has 5 nitrogen and oxygen atoms in total. The van der Waals surface area contributed by atoms with Crippen molar-refractivity contribution in [1.29, 1.82) is 0 Å². The lowest BCUT2D eigenvalue weighted by molar-refractivity contribution is 0.398. The molecule has 0 atom stereocenters. The van der Waals surface area contributed by atoms with Crippen LogP contribution in [0.3, 0.4) is 0 Å². The lowest BCUT2D eigenvalue weighted by Gasteiger charge is -2.09. The van der Waals surface area contributed by atoms with E-state index in [2.05, 4.69) is 22.3 Å². The predicted octanol–water partition coefficient (Wildman–Crippen LogP) is 2.31. The van der Waals surface area contributed by atoms with E-state index in [0.717, 1.165) is 25.2 Å². The van der Waals surface area contributed by atoms with Crippen molar-refractivity contribution >= 4 is 5.69 Å². The van der Waals surface area contributed by atoms with E-state index in [-0.39, 0.29) is 0 Å². The molecule has 2 heterocycles. The normalized spacial score (nSPS) is 10.3. The maximum Gasteiger partial charge on any atom is 0.213 e. The summed E-state index contributed by atoms with van der Waals surface area (Å²) in [4.78, 5) is 4.15. The molecule has 5 heteroatoms. The Balaban J connectivity index is 1.95. The molecule has 0 bridgehead atoms. The molecule has 1 N–H and O–H groups in total. The van der Waals surface area contributed by atoms with E-state index in [4.69, 9.17) is 4.74 Å². The number of rotatable bonds is 6. The number of aryl methyl sites for hydroxylation is 1. The molecule has 2 aromatic heterocycles. The molecule has 0 aliphatic rings. The number of ether oxygens (including phenoxy) is 1. The van der Waals surface area contributed by atoms with Gasteiger partial charge >= 0.3 is 0 Å². The summed E-state index contributed by atoms with van der Waals surface area (Å²) >= 11 is 0. The molecular weight excluding hydrogens is 228 g/mol. The highest BCUT2D eigenvalue weighted by atomic mass is 16.5. The zero-order chi connectivity index (χ0) is 12.8. The molecule has 0 aliphatic carbocycles. The summed E-state index contributed by atoms with van der Waals surface area (Å²) in [7, 11) is 1.61. The van der Waals surface area contributed by atoms with Gasteiger partial charge in [0.05, 0.1) is 31.2 Å². The monoisotopic (exact) mass is 246 g/mol. The topological polar surface area (TPSA) is 52.0 Å². The smallest absolute Gasteiger partial charge is 0.213 e. The van der Waals surface area contributed by atoms with Gasteiger partial charge in [0.1, 0.15) is 0 Å². The van der Waals surface area contributed by atoms with Crippen LogP contribution < -0.4 is 10.1 Å². The van der Waals surface area contributed by atoms with Crippen LogP contribution in [-0.2, 0) is 13.1 Å². The zero-order valence-corrected chi connectivity index (χ0v) is 10.8. The number of hydrogen-bond acceptors (Lipinski definition) is 4. The van der Waals surface area contributed by atoms with Crippen molar-refractivity contribution in [3.63, 3.8) is 0 Å². The van der Waals surface area contributed by atoms with Crippen molar-refractivity contribution < 1.29 is 4.74 Å². The van der Waals surface area contributed by atoms with E-state index in [0.29, 0.717) is 5.88 Å². The summed E-state index contributed by atoms with van der Waals surface area (Å²) < 4.78 is 7.04.